The summed E-state index contributed by atoms with van der Waals surface area (Å²) in [5.41, 5.74) is 3.57. The molecule has 1 amide bonds. The molecular weight excluding hydrogens is 541 g/mol. The van der Waals surface area contributed by atoms with E-state index in [1.54, 1.807) is 32.2 Å². The van der Waals surface area contributed by atoms with Crippen LogP contribution in [0.5, 0.6) is 5.75 Å². The fourth-order valence-corrected chi connectivity index (χ4v) is 5.76. The number of halogens is 2. The van der Waals surface area contributed by atoms with E-state index in [0.29, 0.717) is 39.1 Å². The Labute approximate surface area is 234 Å². The van der Waals surface area contributed by atoms with Crippen molar-refractivity contribution in [3.8, 4) is 27.3 Å². The highest BCUT2D eigenvalue weighted by Gasteiger charge is 2.51. The maximum absolute atomic E-state index is 13.5. The smallest absolute Gasteiger partial charge is 0.412 e. The molecule has 1 heterocycles. The van der Waals surface area contributed by atoms with Gasteiger partial charge in [0.25, 0.3) is 0 Å². The van der Waals surface area contributed by atoms with Crippen LogP contribution in [0, 0.1) is 5.82 Å². The molecule has 200 valence electrons. The minimum absolute atomic E-state index is 0.407. The minimum atomic E-state index is -0.788. The first-order valence-corrected chi connectivity index (χ1v) is 13.4. The predicted octanol–water partition coefficient (Wildman–Crippen LogP) is 8.31. The number of rotatable bonds is 8. The van der Waals surface area contributed by atoms with E-state index in [-0.39, 0.29) is 0 Å². The summed E-state index contributed by atoms with van der Waals surface area (Å²) in [6, 6.07) is 20.7. The molecule has 1 aromatic heterocycles. The Kier molecular flexibility index (Phi) is 7.34. The molecule has 0 saturated heterocycles. The summed E-state index contributed by atoms with van der Waals surface area (Å²) in [7, 11) is 1.58. The van der Waals surface area contributed by atoms with Crippen molar-refractivity contribution >= 4 is 40.7 Å². The molecule has 6 nitrogen and oxygen atoms in total. The molecule has 3 aromatic carbocycles. The molecular formula is C30H25ClFNO5S. The summed E-state index contributed by atoms with van der Waals surface area (Å²) in [6.07, 6.45) is -0.0526. The molecule has 9 heteroatoms. The van der Waals surface area contributed by atoms with Crippen LogP contribution in [0.15, 0.2) is 72.8 Å². The van der Waals surface area contributed by atoms with Crippen LogP contribution in [0.1, 0.15) is 37.0 Å². The lowest BCUT2D eigenvalue weighted by molar-refractivity contribution is -0.140. The minimum Gasteiger partial charge on any atom is -0.496 e. The number of aliphatic carboxylic acids is 1. The van der Waals surface area contributed by atoms with Gasteiger partial charge in [-0.25, -0.2) is 9.18 Å². The molecule has 0 bridgehead atoms. The lowest BCUT2D eigenvalue weighted by atomic mass is 9.93. The second-order valence-corrected chi connectivity index (χ2v) is 11.1. The number of carbonyl (C=O) groups is 2. The van der Waals surface area contributed by atoms with Crippen LogP contribution in [-0.4, -0.2) is 24.3 Å². The van der Waals surface area contributed by atoms with Gasteiger partial charge >= 0.3 is 12.1 Å². The molecule has 1 unspecified atom stereocenters. The number of methoxy groups -OCH3 is 1. The van der Waals surface area contributed by atoms with Crippen molar-refractivity contribution < 1.29 is 28.6 Å². The normalized spacial score (nSPS) is 14.4. The second-order valence-electron chi connectivity index (χ2n) is 9.40. The molecule has 1 aliphatic rings. The Hall–Kier alpha value is -3.88. The first-order chi connectivity index (χ1) is 18.7. The Morgan fingerprint density at radius 1 is 1.05 bits per heavy atom. The van der Waals surface area contributed by atoms with Crippen LogP contribution >= 0.6 is 22.9 Å². The lowest BCUT2D eigenvalue weighted by Gasteiger charge is -2.15. The van der Waals surface area contributed by atoms with Gasteiger partial charge in [0.2, 0.25) is 0 Å². The second kappa shape index (κ2) is 10.7. The number of benzene rings is 3. The fourth-order valence-electron chi connectivity index (χ4n) is 4.59. The summed E-state index contributed by atoms with van der Waals surface area (Å²) in [4.78, 5) is 25.0. The van der Waals surface area contributed by atoms with Gasteiger partial charge in [-0.15, -0.1) is 11.3 Å². The summed E-state index contributed by atoms with van der Waals surface area (Å²) in [5.74, 6) is -0.586. The highest BCUT2D eigenvalue weighted by Crippen LogP contribution is 2.49. The van der Waals surface area contributed by atoms with Gasteiger partial charge in [0, 0.05) is 5.56 Å². The van der Waals surface area contributed by atoms with Gasteiger partial charge in [-0.1, -0.05) is 60.1 Å². The molecule has 0 radical (unpaired) electrons. The van der Waals surface area contributed by atoms with Gasteiger partial charge < -0.3 is 14.6 Å². The van der Waals surface area contributed by atoms with E-state index >= 15 is 0 Å². The maximum atomic E-state index is 13.5. The third kappa shape index (κ3) is 5.48. The standard InChI is InChI=1S/C30H25ClFNO5S/c1-17(19-4-3-5-22(32)14-19)38-29(36)33-24-16-26(31)39-27(24)20-8-11-23(25(15-20)37-2)18-6-9-21(10-7-18)30(12-13-30)28(34)35/h3-11,14-17H,12-13H2,1-2H3,(H,33,36)(H,34,35). The number of carboxylic acid groups (broad SMARTS) is 1. The predicted molar refractivity (Wildman–Crippen MR) is 150 cm³/mol. The van der Waals surface area contributed by atoms with Crippen molar-refractivity contribution in [2.45, 2.75) is 31.3 Å². The van der Waals surface area contributed by atoms with Crippen LogP contribution in [0.25, 0.3) is 21.6 Å². The Morgan fingerprint density at radius 2 is 1.77 bits per heavy atom. The highest BCUT2D eigenvalue weighted by molar-refractivity contribution is 7.20. The third-order valence-corrected chi connectivity index (χ3v) is 8.23. The fraction of sp³-hybridized carbons (Fsp3) is 0.200. The Bertz CT molecular complexity index is 1550. The first-order valence-electron chi connectivity index (χ1n) is 12.3. The van der Waals surface area contributed by atoms with Crippen molar-refractivity contribution in [2.75, 3.05) is 12.4 Å². The zero-order valence-electron chi connectivity index (χ0n) is 21.2. The number of hydrogen-bond donors (Lipinski definition) is 2. The van der Waals surface area contributed by atoms with Gasteiger partial charge in [0.05, 0.1) is 27.4 Å². The van der Waals surface area contributed by atoms with Crippen LogP contribution < -0.4 is 10.1 Å². The van der Waals surface area contributed by atoms with E-state index in [9.17, 15) is 19.1 Å². The molecule has 1 aliphatic carbocycles. The Balaban J connectivity index is 1.36. The first kappa shape index (κ1) is 26.7. The van der Waals surface area contributed by atoms with E-state index in [4.69, 9.17) is 21.1 Å². The van der Waals surface area contributed by atoms with Crippen LogP contribution in [0.3, 0.4) is 0 Å². The van der Waals surface area contributed by atoms with E-state index in [0.717, 1.165) is 22.3 Å². The van der Waals surface area contributed by atoms with E-state index in [1.165, 1.54) is 23.5 Å². The zero-order chi connectivity index (χ0) is 27.7. The van der Waals surface area contributed by atoms with E-state index < -0.39 is 29.4 Å². The van der Waals surface area contributed by atoms with Crippen molar-refractivity contribution in [1.82, 2.24) is 0 Å². The molecule has 2 N–H and O–H groups in total. The molecule has 39 heavy (non-hydrogen) atoms. The average molecular weight is 566 g/mol. The summed E-state index contributed by atoms with van der Waals surface area (Å²) >= 11 is 7.61. The summed E-state index contributed by atoms with van der Waals surface area (Å²) < 4.78 is 25.2. The summed E-state index contributed by atoms with van der Waals surface area (Å²) in [6.45, 7) is 1.66. The topological polar surface area (TPSA) is 84.9 Å². The van der Waals surface area contributed by atoms with Gasteiger partial charge in [0.15, 0.2) is 0 Å². The number of nitrogens with one attached hydrogen (secondary N) is 1. The Morgan fingerprint density at radius 3 is 2.41 bits per heavy atom. The third-order valence-electron chi connectivity index (χ3n) is 6.91. The van der Waals surface area contributed by atoms with Crippen LogP contribution in [0.2, 0.25) is 4.34 Å². The molecule has 1 atom stereocenters. The average Bonchev–Trinajstić information content (AvgIpc) is 3.66. The number of carbonyl (C=O) groups excluding carboxylic acids is 1. The van der Waals surface area contributed by atoms with Crippen molar-refractivity contribution in [3.63, 3.8) is 0 Å². The largest absolute Gasteiger partial charge is 0.496 e. The van der Waals surface area contributed by atoms with E-state index in [2.05, 4.69) is 5.32 Å². The number of anilines is 1. The quantitative estimate of drug-likeness (QED) is 0.224. The lowest BCUT2D eigenvalue weighted by Crippen LogP contribution is -2.19. The summed E-state index contributed by atoms with van der Waals surface area (Å²) in [5, 5.41) is 12.3. The van der Waals surface area contributed by atoms with Gasteiger partial charge in [-0.05, 0) is 66.3 Å². The van der Waals surface area contributed by atoms with Gasteiger partial charge in [-0.2, -0.15) is 0 Å². The van der Waals surface area contributed by atoms with E-state index in [1.807, 2.05) is 42.5 Å². The van der Waals surface area contributed by atoms with Gasteiger partial charge in [0.1, 0.15) is 17.7 Å². The SMILES string of the molecule is COc1cc(-c2sc(Cl)cc2NC(=O)OC(C)c2cccc(F)c2)ccc1-c1ccc(C2(C(=O)O)CC2)cc1. The van der Waals surface area contributed by atoms with Crippen molar-refractivity contribution in [2.24, 2.45) is 0 Å². The number of amides is 1. The van der Waals surface area contributed by atoms with Crippen LogP contribution in [0.4, 0.5) is 14.9 Å². The number of carboxylic acids is 1. The highest BCUT2D eigenvalue weighted by atomic mass is 35.5. The van der Waals surface area contributed by atoms with Crippen molar-refractivity contribution in [3.05, 3.63) is 94.1 Å². The molecule has 4 aromatic rings. The molecule has 1 fully saturated rings. The molecule has 0 aliphatic heterocycles. The monoisotopic (exact) mass is 565 g/mol. The zero-order valence-corrected chi connectivity index (χ0v) is 22.7. The molecule has 5 rings (SSSR count). The van der Waals surface area contributed by atoms with Crippen LogP contribution in [-0.2, 0) is 14.9 Å². The number of thiophene rings is 1. The molecule has 1 saturated carbocycles. The number of hydrogen-bond acceptors (Lipinski definition) is 5. The van der Waals surface area contributed by atoms with Crippen molar-refractivity contribution in [1.29, 1.82) is 0 Å². The molecule has 0 spiro atoms. The number of ether oxygens (including phenoxy) is 2. The van der Waals surface area contributed by atoms with Gasteiger partial charge in [-0.3, -0.25) is 10.1 Å². The maximum Gasteiger partial charge on any atom is 0.412 e.